The fourth-order valence-corrected chi connectivity index (χ4v) is 1.41. The number of hydrogen-bond donors (Lipinski definition) is 0. The Kier molecular flexibility index (Phi) is 1.82. The van der Waals surface area contributed by atoms with Crippen LogP contribution in [0.4, 0.5) is 0 Å². The molecule has 0 saturated heterocycles. The van der Waals surface area contributed by atoms with E-state index in [0.717, 1.165) is 12.5 Å². The first-order chi connectivity index (χ1) is 5.02. The Morgan fingerprint density at radius 2 is 2.09 bits per heavy atom. The van der Waals surface area contributed by atoms with E-state index in [1.807, 2.05) is 0 Å². The SMILES string of the molecule is CS(=O)(=O)c1cccc[n+]1[O-]. The van der Waals surface area contributed by atoms with Gasteiger partial charge in [-0.1, -0.05) is 0 Å². The minimum Gasteiger partial charge on any atom is -0.618 e. The summed E-state index contributed by atoms with van der Waals surface area (Å²) in [4.78, 5) is 0. The van der Waals surface area contributed by atoms with Crippen molar-refractivity contribution in [3.8, 4) is 0 Å². The molecule has 1 aromatic rings. The van der Waals surface area contributed by atoms with Gasteiger partial charge in [0.2, 0.25) is 9.84 Å². The van der Waals surface area contributed by atoms with E-state index >= 15 is 0 Å². The molecule has 4 nitrogen and oxygen atoms in total. The predicted octanol–water partition coefficient (Wildman–Crippen LogP) is -0.276. The Balaban J connectivity index is 3.37. The lowest BCUT2D eigenvalue weighted by molar-refractivity contribution is -0.646. The fourth-order valence-electron chi connectivity index (χ4n) is 0.700. The van der Waals surface area contributed by atoms with E-state index in [2.05, 4.69) is 0 Å². The summed E-state index contributed by atoms with van der Waals surface area (Å²) >= 11 is 0. The standard InChI is InChI=1S/C6H7NO3S/c1-11(9,10)6-4-2-3-5-7(6)8/h2-5H,1H3. The number of nitrogens with zero attached hydrogens (tertiary/aromatic N) is 1. The third kappa shape index (κ3) is 1.68. The zero-order valence-electron chi connectivity index (χ0n) is 5.89. The third-order valence-electron chi connectivity index (χ3n) is 1.17. The highest BCUT2D eigenvalue weighted by molar-refractivity contribution is 7.90. The molecule has 0 spiro atoms. The molecule has 0 unspecified atom stereocenters. The summed E-state index contributed by atoms with van der Waals surface area (Å²) in [6.45, 7) is 0. The Hall–Kier alpha value is -1.10. The molecule has 0 fully saturated rings. The zero-order chi connectivity index (χ0) is 8.48. The molecule has 0 N–H and O–H groups in total. The summed E-state index contributed by atoms with van der Waals surface area (Å²) in [6, 6.07) is 4.24. The molecule has 60 valence electrons. The van der Waals surface area contributed by atoms with Crippen LogP contribution in [-0.4, -0.2) is 14.7 Å². The maximum absolute atomic E-state index is 10.8. The predicted molar refractivity (Wildman–Crippen MR) is 38.5 cm³/mol. The summed E-state index contributed by atoms with van der Waals surface area (Å²) in [5.41, 5.74) is 0. The Labute approximate surface area is 64.6 Å². The fraction of sp³-hybridized carbons (Fsp3) is 0.167. The number of hydrogen-bond acceptors (Lipinski definition) is 3. The van der Waals surface area contributed by atoms with Gasteiger partial charge < -0.3 is 5.21 Å². The van der Waals surface area contributed by atoms with E-state index in [0.29, 0.717) is 4.73 Å². The van der Waals surface area contributed by atoms with Crippen LogP contribution in [0.2, 0.25) is 0 Å². The van der Waals surface area contributed by atoms with Crippen molar-refractivity contribution in [2.24, 2.45) is 0 Å². The Morgan fingerprint density at radius 1 is 1.45 bits per heavy atom. The summed E-state index contributed by atoms with van der Waals surface area (Å²) in [5.74, 6) is 0. The molecular formula is C6H7NO3S. The van der Waals surface area contributed by atoms with Gasteiger partial charge in [-0.05, 0) is 6.07 Å². The van der Waals surface area contributed by atoms with Crippen molar-refractivity contribution in [3.05, 3.63) is 29.6 Å². The molecule has 1 aromatic heterocycles. The summed E-state index contributed by atoms with van der Waals surface area (Å²) in [7, 11) is -3.38. The molecule has 0 amide bonds. The van der Waals surface area contributed by atoms with Crippen molar-refractivity contribution in [3.63, 3.8) is 0 Å². The lowest BCUT2D eigenvalue weighted by Crippen LogP contribution is -2.32. The highest BCUT2D eigenvalue weighted by atomic mass is 32.2. The monoisotopic (exact) mass is 173 g/mol. The summed E-state index contributed by atoms with van der Waals surface area (Å²) in [6.07, 6.45) is 2.15. The van der Waals surface area contributed by atoms with Gasteiger partial charge in [0, 0.05) is 18.4 Å². The van der Waals surface area contributed by atoms with Crippen LogP contribution in [0.1, 0.15) is 0 Å². The minimum atomic E-state index is -3.38. The van der Waals surface area contributed by atoms with Gasteiger partial charge in [0.1, 0.15) is 0 Å². The van der Waals surface area contributed by atoms with Crippen molar-refractivity contribution in [1.29, 1.82) is 0 Å². The molecule has 0 saturated carbocycles. The minimum absolute atomic E-state index is 0.222. The van der Waals surface area contributed by atoms with Gasteiger partial charge in [-0.15, -0.1) is 0 Å². The largest absolute Gasteiger partial charge is 0.618 e. The molecule has 11 heavy (non-hydrogen) atoms. The number of pyridine rings is 1. The molecule has 0 bridgehead atoms. The first-order valence-corrected chi connectivity index (χ1v) is 4.79. The average molecular weight is 173 g/mol. The molecule has 5 heteroatoms. The number of rotatable bonds is 1. The van der Waals surface area contributed by atoms with Crippen LogP contribution in [0.25, 0.3) is 0 Å². The smallest absolute Gasteiger partial charge is 0.308 e. The van der Waals surface area contributed by atoms with Crippen molar-refractivity contribution < 1.29 is 13.1 Å². The number of sulfone groups is 1. The molecule has 0 aliphatic rings. The molecule has 0 aliphatic heterocycles. The lowest BCUT2D eigenvalue weighted by Gasteiger charge is -1.99. The summed E-state index contributed by atoms with van der Waals surface area (Å²) < 4.78 is 22.0. The summed E-state index contributed by atoms with van der Waals surface area (Å²) in [5, 5.41) is 10.6. The van der Waals surface area contributed by atoms with Gasteiger partial charge >= 0.3 is 5.03 Å². The van der Waals surface area contributed by atoms with Gasteiger partial charge in [0.15, 0.2) is 6.20 Å². The van der Waals surface area contributed by atoms with Crippen LogP contribution in [0.15, 0.2) is 29.4 Å². The topological polar surface area (TPSA) is 61.1 Å². The van der Waals surface area contributed by atoms with Gasteiger partial charge in [-0.25, -0.2) is 8.42 Å². The van der Waals surface area contributed by atoms with Gasteiger partial charge in [0.25, 0.3) is 0 Å². The quantitative estimate of drug-likeness (QED) is 0.433. The van der Waals surface area contributed by atoms with E-state index < -0.39 is 9.84 Å². The van der Waals surface area contributed by atoms with Crippen molar-refractivity contribution in [2.45, 2.75) is 5.03 Å². The van der Waals surface area contributed by atoms with Crippen LogP contribution >= 0.6 is 0 Å². The Morgan fingerprint density at radius 3 is 2.45 bits per heavy atom. The van der Waals surface area contributed by atoms with Crippen LogP contribution in [0.5, 0.6) is 0 Å². The second-order valence-corrected chi connectivity index (χ2v) is 4.10. The first kappa shape index (κ1) is 8.00. The van der Waals surface area contributed by atoms with Gasteiger partial charge in [0.05, 0.1) is 0 Å². The average Bonchev–Trinajstić information content (AvgIpc) is 1.86. The Bertz CT molecular complexity index is 358. The van der Waals surface area contributed by atoms with E-state index in [9.17, 15) is 13.6 Å². The third-order valence-corrected chi connectivity index (χ3v) is 2.24. The highest BCUT2D eigenvalue weighted by Crippen LogP contribution is 1.99. The van der Waals surface area contributed by atoms with Gasteiger partial charge in [-0.2, -0.15) is 4.73 Å². The van der Waals surface area contributed by atoms with E-state index in [1.165, 1.54) is 18.2 Å². The van der Waals surface area contributed by atoms with Crippen molar-refractivity contribution in [2.75, 3.05) is 6.26 Å². The number of aromatic nitrogens is 1. The molecule has 1 heterocycles. The van der Waals surface area contributed by atoms with Gasteiger partial charge in [-0.3, -0.25) is 0 Å². The normalized spacial score (nSPS) is 11.4. The van der Waals surface area contributed by atoms with Crippen molar-refractivity contribution >= 4 is 9.84 Å². The van der Waals surface area contributed by atoms with E-state index in [1.54, 1.807) is 0 Å². The van der Waals surface area contributed by atoms with Crippen LogP contribution in [0, 0.1) is 5.21 Å². The van der Waals surface area contributed by atoms with Crippen molar-refractivity contribution in [1.82, 2.24) is 0 Å². The van der Waals surface area contributed by atoms with Crippen LogP contribution < -0.4 is 4.73 Å². The second-order valence-electron chi connectivity index (χ2n) is 2.14. The van der Waals surface area contributed by atoms with E-state index in [-0.39, 0.29) is 5.03 Å². The molecule has 0 aliphatic carbocycles. The maximum atomic E-state index is 10.8. The first-order valence-electron chi connectivity index (χ1n) is 2.90. The molecule has 1 rings (SSSR count). The highest BCUT2D eigenvalue weighted by Gasteiger charge is 2.15. The second kappa shape index (κ2) is 2.50. The molecule has 0 aromatic carbocycles. The lowest BCUT2D eigenvalue weighted by atomic mass is 10.5. The van der Waals surface area contributed by atoms with Crippen LogP contribution in [0.3, 0.4) is 0 Å². The molecule has 0 radical (unpaired) electrons. The van der Waals surface area contributed by atoms with Crippen LogP contribution in [-0.2, 0) is 9.84 Å². The zero-order valence-corrected chi connectivity index (χ0v) is 6.71. The maximum Gasteiger partial charge on any atom is 0.308 e. The molecule has 0 atom stereocenters. The van der Waals surface area contributed by atoms with E-state index in [4.69, 9.17) is 0 Å². The molecular weight excluding hydrogens is 166 g/mol.